The Bertz CT molecular complexity index is 423. The van der Waals surface area contributed by atoms with Crippen LogP contribution < -0.4 is 16.2 Å². The van der Waals surface area contributed by atoms with E-state index in [4.69, 9.17) is 10.6 Å². The highest BCUT2D eigenvalue weighted by Crippen LogP contribution is 2.26. The van der Waals surface area contributed by atoms with Crippen LogP contribution in [0.15, 0.2) is 0 Å². The van der Waals surface area contributed by atoms with Crippen molar-refractivity contribution in [3.05, 3.63) is 11.4 Å². The van der Waals surface area contributed by atoms with Gasteiger partial charge in [0.25, 0.3) is 0 Å². The van der Waals surface area contributed by atoms with Crippen LogP contribution in [0, 0.1) is 6.92 Å². The van der Waals surface area contributed by atoms with Crippen LogP contribution in [-0.2, 0) is 11.2 Å². The first-order valence-electron chi connectivity index (χ1n) is 6.31. The van der Waals surface area contributed by atoms with Gasteiger partial charge in [-0.2, -0.15) is 0 Å². The van der Waals surface area contributed by atoms with Crippen molar-refractivity contribution in [1.29, 1.82) is 0 Å². The SMILES string of the molecule is CCc1nc(NN)c(C)c(N2CCC(OC)C2)n1. The first kappa shape index (κ1) is 13.0. The van der Waals surface area contributed by atoms with Crippen molar-refractivity contribution < 1.29 is 4.74 Å². The largest absolute Gasteiger partial charge is 0.380 e. The molecule has 18 heavy (non-hydrogen) atoms. The lowest BCUT2D eigenvalue weighted by atomic mass is 10.2. The van der Waals surface area contributed by atoms with Crippen molar-refractivity contribution in [3.63, 3.8) is 0 Å². The minimum Gasteiger partial charge on any atom is -0.380 e. The predicted molar refractivity (Wildman–Crippen MR) is 71.6 cm³/mol. The number of anilines is 2. The van der Waals surface area contributed by atoms with Gasteiger partial charge in [0.15, 0.2) is 0 Å². The normalized spacial score (nSPS) is 19.3. The van der Waals surface area contributed by atoms with Crippen LogP contribution in [0.25, 0.3) is 0 Å². The summed E-state index contributed by atoms with van der Waals surface area (Å²) in [5.74, 6) is 7.99. The standard InChI is InChI=1S/C12H21N5O/c1-4-10-14-11(16-13)8(2)12(15-10)17-6-5-9(7-17)18-3/h9H,4-7,13H2,1-3H3,(H,14,15,16). The van der Waals surface area contributed by atoms with Crippen LogP contribution in [0.4, 0.5) is 11.6 Å². The van der Waals surface area contributed by atoms with Crippen LogP contribution in [0.2, 0.25) is 0 Å². The molecule has 0 amide bonds. The smallest absolute Gasteiger partial charge is 0.148 e. The molecule has 2 heterocycles. The van der Waals surface area contributed by atoms with Gasteiger partial charge in [0.2, 0.25) is 0 Å². The molecule has 0 bridgehead atoms. The summed E-state index contributed by atoms with van der Waals surface area (Å²) in [6.07, 6.45) is 2.12. The Morgan fingerprint density at radius 3 is 2.83 bits per heavy atom. The van der Waals surface area contributed by atoms with Gasteiger partial charge in [-0.1, -0.05) is 6.92 Å². The quantitative estimate of drug-likeness (QED) is 0.610. The molecule has 6 nitrogen and oxygen atoms in total. The minimum absolute atomic E-state index is 0.290. The van der Waals surface area contributed by atoms with Crippen molar-refractivity contribution in [2.75, 3.05) is 30.5 Å². The molecule has 2 rings (SSSR count). The third-order valence-corrected chi connectivity index (χ3v) is 3.40. The molecule has 1 atom stereocenters. The Morgan fingerprint density at radius 2 is 2.28 bits per heavy atom. The maximum absolute atomic E-state index is 5.51. The monoisotopic (exact) mass is 251 g/mol. The summed E-state index contributed by atoms with van der Waals surface area (Å²) in [5.41, 5.74) is 3.64. The highest BCUT2D eigenvalue weighted by atomic mass is 16.5. The van der Waals surface area contributed by atoms with Crippen LogP contribution in [0.1, 0.15) is 24.7 Å². The fourth-order valence-electron chi connectivity index (χ4n) is 2.27. The average Bonchev–Trinajstić information content (AvgIpc) is 2.87. The highest BCUT2D eigenvalue weighted by Gasteiger charge is 2.25. The molecule has 0 spiro atoms. The molecule has 0 saturated carbocycles. The Labute approximate surface area is 108 Å². The van der Waals surface area contributed by atoms with Crippen molar-refractivity contribution in [2.45, 2.75) is 32.8 Å². The maximum Gasteiger partial charge on any atom is 0.148 e. The molecule has 1 aromatic heterocycles. The van der Waals surface area contributed by atoms with Crippen LogP contribution in [0.3, 0.4) is 0 Å². The van der Waals surface area contributed by atoms with E-state index < -0.39 is 0 Å². The van der Waals surface area contributed by atoms with Crippen molar-refractivity contribution >= 4 is 11.6 Å². The van der Waals surface area contributed by atoms with E-state index in [9.17, 15) is 0 Å². The van der Waals surface area contributed by atoms with E-state index in [2.05, 4.69) is 20.3 Å². The van der Waals surface area contributed by atoms with Crippen LogP contribution in [-0.4, -0.2) is 36.3 Å². The minimum atomic E-state index is 0.290. The number of ether oxygens (including phenoxy) is 1. The summed E-state index contributed by atoms with van der Waals surface area (Å²) >= 11 is 0. The third-order valence-electron chi connectivity index (χ3n) is 3.40. The summed E-state index contributed by atoms with van der Waals surface area (Å²) in [6, 6.07) is 0. The number of nitrogen functional groups attached to an aromatic ring is 1. The molecule has 1 aliphatic rings. The number of nitrogens with two attached hydrogens (primary N) is 1. The molecular weight excluding hydrogens is 230 g/mol. The summed E-state index contributed by atoms with van der Waals surface area (Å²) in [6.45, 7) is 5.87. The fraction of sp³-hybridized carbons (Fsp3) is 0.667. The molecule has 6 heteroatoms. The number of hydrogen-bond acceptors (Lipinski definition) is 6. The predicted octanol–water partition coefficient (Wildman–Crippen LogP) is 0.858. The topological polar surface area (TPSA) is 76.3 Å². The zero-order valence-electron chi connectivity index (χ0n) is 11.2. The highest BCUT2D eigenvalue weighted by molar-refractivity contribution is 5.58. The Kier molecular flexibility index (Phi) is 3.98. The second-order valence-corrected chi connectivity index (χ2v) is 4.53. The van der Waals surface area contributed by atoms with Gasteiger partial charge >= 0.3 is 0 Å². The van der Waals surface area contributed by atoms with Crippen molar-refractivity contribution in [3.8, 4) is 0 Å². The lowest BCUT2D eigenvalue weighted by Crippen LogP contribution is -2.25. The zero-order chi connectivity index (χ0) is 13.1. The number of rotatable bonds is 4. The zero-order valence-corrected chi connectivity index (χ0v) is 11.2. The Morgan fingerprint density at radius 1 is 1.50 bits per heavy atom. The van der Waals surface area contributed by atoms with E-state index in [0.29, 0.717) is 11.9 Å². The molecule has 100 valence electrons. The van der Waals surface area contributed by atoms with E-state index in [-0.39, 0.29) is 0 Å². The first-order valence-corrected chi connectivity index (χ1v) is 6.31. The van der Waals surface area contributed by atoms with Gasteiger partial charge in [-0.25, -0.2) is 15.8 Å². The lowest BCUT2D eigenvalue weighted by Gasteiger charge is -2.21. The number of nitrogens with zero attached hydrogens (tertiary/aromatic N) is 3. The van der Waals surface area contributed by atoms with Gasteiger partial charge in [0, 0.05) is 32.2 Å². The summed E-state index contributed by atoms with van der Waals surface area (Å²) in [5, 5.41) is 0. The summed E-state index contributed by atoms with van der Waals surface area (Å²) in [4.78, 5) is 11.2. The molecule has 0 radical (unpaired) electrons. The molecule has 1 aliphatic heterocycles. The summed E-state index contributed by atoms with van der Waals surface area (Å²) < 4.78 is 5.39. The lowest BCUT2D eigenvalue weighted by molar-refractivity contribution is 0.121. The van der Waals surface area contributed by atoms with E-state index in [1.165, 1.54) is 0 Å². The van der Waals surface area contributed by atoms with E-state index >= 15 is 0 Å². The molecule has 1 unspecified atom stereocenters. The molecule has 1 aromatic rings. The number of aromatic nitrogens is 2. The van der Waals surface area contributed by atoms with E-state index in [0.717, 1.165) is 43.1 Å². The molecule has 1 fully saturated rings. The molecule has 1 saturated heterocycles. The number of hydrogen-bond donors (Lipinski definition) is 2. The average molecular weight is 251 g/mol. The second-order valence-electron chi connectivity index (χ2n) is 4.53. The second kappa shape index (κ2) is 5.49. The van der Waals surface area contributed by atoms with Gasteiger partial charge in [-0.15, -0.1) is 0 Å². The Hall–Kier alpha value is -1.40. The van der Waals surface area contributed by atoms with Crippen LogP contribution >= 0.6 is 0 Å². The van der Waals surface area contributed by atoms with E-state index in [1.807, 2.05) is 13.8 Å². The van der Waals surface area contributed by atoms with Crippen molar-refractivity contribution in [1.82, 2.24) is 9.97 Å². The maximum atomic E-state index is 5.51. The molecule has 0 aliphatic carbocycles. The third kappa shape index (κ3) is 2.39. The van der Waals surface area contributed by atoms with Crippen molar-refractivity contribution in [2.24, 2.45) is 5.84 Å². The summed E-state index contributed by atoms with van der Waals surface area (Å²) in [7, 11) is 1.76. The van der Waals surface area contributed by atoms with Crippen LogP contribution in [0.5, 0.6) is 0 Å². The van der Waals surface area contributed by atoms with Gasteiger partial charge in [0.05, 0.1) is 6.10 Å². The molecule has 0 aromatic carbocycles. The fourth-order valence-corrected chi connectivity index (χ4v) is 2.27. The molecule has 3 N–H and O–H groups in total. The van der Waals surface area contributed by atoms with E-state index in [1.54, 1.807) is 7.11 Å². The van der Waals surface area contributed by atoms with Gasteiger partial charge in [0.1, 0.15) is 17.5 Å². The number of hydrazine groups is 1. The Balaban J connectivity index is 2.31. The van der Waals surface area contributed by atoms with Gasteiger partial charge in [-0.3, -0.25) is 0 Å². The number of methoxy groups -OCH3 is 1. The number of nitrogens with one attached hydrogen (secondary N) is 1. The molecular formula is C12H21N5O. The van der Waals surface area contributed by atoms with Gasteiger partial charge in [-0.05, 0) is 13.3 Å². The van der Waals surface area contributed by atoms with Gasteiger partial charge < -0.3 is 15.1 Å². The first-order chi connectivity index (χ1) is 8.69. The number of aryl methyl sites for hydroxylation is 1.